The van der Waals surface area contributed by atoms with Crippen LogP contribution in [0.5, 0.6) is 5.75 Å². The van der Waals surface area contributed by atoms with Crippen LogP contribution in [0.4, 0.5) is 15.4 Å². The van der Waals surface area contributed by atoms with E-state index in [4.69, 9.17) is 46.6 Å². The van der Waals surface area contributed by atoms with Crippen LogP contribution < -0.4 is 9.64 Å². The monoisotopic (exact) mass is 882 g/mol. The molecule has 0 saturated carbocycles. The minimum atomic E-state index is -1.44. The number of carbonyl (C=O) groups excluding carboxylic acids is 6. The van der Waals surface area contributed by atoms with E-state index in [1.165, 1.54) is 53.9 Å². The zero-order valence-electron chi connectivity index (χ0n) is 35.8. The van der Waals surface area contributed by atoms with Gasteiger partial charge >= 0.3 is 35.9 Å². The van der Waals surface area contributed by atoms with E-state index in [1.54, 1.807) is 37.2 Å². The minimum Gasteiger partial charge on any atom is -0.467 e. The number of methoxy groups -OCH3 is 1. The van der Waals surface area contributed by atoms with Crippen molar-refractivity contribution in [2.75, 3.05) is 65.9 Å². The molecule has 2 aliphatic heterocycles. The maximum absolute atomic E-state index is 13.6. The highest BCUT2D eigenvalue weighted by atomic mass is 35.5. The molecule has 0 aliphatic carbocycles. The van der Waals surface area contributed by atoms with E-state index in [9.17, 15) is 28.8 Å². The molecule has 4 heterocycles. The molecule has 0 N–H and O–H groups in total. The lowest BCUT2D eigenvalue weighted by atomic mass is 9.90. The summed E-state index contributed by atoms with van der Waals surface area (Å²) < 4.78 is 34.5. The highest BCUT2D eigenvalue weighted by Gasteiger charge is 2.52. The molecule has 0 spiro atoms. The number of anilines is 1. The topological polar surface area (TPSA) is 206 Å². The SMILES string of the molecule is [C-]#[N+]CC(=O)N1CC[C@@H](C)[C@@H](N(C)c2ncnc3c2ccn3C(=O)N(C)CCN(C)C(=O)OCc2ccc(O[C@@H]3O[C@H](C(=O)OC)[C@@H](C)[C@H](OC(C)=O)[C@H]3OC(C)=O)c(Cl)c2)C1. The Labute approximate surface area is 363 Å². The van der Waals surface area contributed by atoms with Gasteiger partial charge in [-0.3, -0.25) is 19.0 Å². The van der Waals surface area contributed by atoms with Gasteiger partial charge in [-0.25, -0.2) is 30.9 Å². The van der Waals surface area contributed by atoms with Crippen LogP contribution in [0, 0.1) is 18.4 Å². The summed E-state index contributed by atoms with van der Waals surface area (Å²) in [6.45, 7) is 14.1. The van der Waals surface area contributed by atoms with Gasteiger partial charge in [0.1, 0.15) is 24.5 Å². The normalized spacial score (nSPS) is 22.1. The molecule has 2 aliphatic rings. The molecule has 0 bridgehead atoms. The summed E-state index contributed by atoms with van der Waals surface area (Å²) in [4.78, 5) is 94.4. The summed E-state index contributed by atoms with van der Waals surface area (Å²) in [5.41, 5.74) is 0.888. The Kier molecular flexibility index (Phi) is 15.6. The van der Waals surface area contributed by atoms with Crippen molar-refractivity contribution >= 4 is 64.4 Å². The number of halogens is 1. The molecule has 3 aromatic rings. The summed E-state index contributed by atoms with van der Waals surface area (Å²) in [7, 11) is 6.20. The van der Waals surface area contributed by atoms with Crippen LogP contribution in [0.1, 0.15) is 39.7 Å². The number of carbonyl (C=O) groups is 6. The molecule has 1 aromatic carbocycles. The van der Waals surface area contributed by atoms with E-state index in [0.717, 1.165) is 13.3 Å². The number of hydrogen-bond acceptors (Lipinski definition) is 15. The number of benzene rings is 1. The van der Waals surface area contributed by atoms with E-state index in [2.05, 4.69) is 21.7 Å². The van der Waals surface area contributed by atoms with Gasteiger partial charge in [0.15, 0.2) is 17.9 Å². The average molecular weight is 883 g/mol. The number of rotatable bonds is 13. The number of aromatic nitrogens is 3. The number of esters is 3. The van der Waals surface area contributed by atoms with Crippen LogP contribution in [0.2, 0.25) is 5.02 Å². The summed E-state index contributed by atoms with van der Waals surface area (Å²) >= 11 is 6.55. The van der Waals surface area contributed by atoms with Crippen molar-refractivity contribution in [2.24, 2.45) is 11.8 Å². The maximum Gasteiger partial charge on any atom is 0.409 e. The molecule has 7 atom stereocenters. The lowest BCUT2D eigenvalue weighted by molar-refractivity contribution is -0.266. The molecule has 0 unspecified atom stereocenters. The number of likely N-dealkylation sites (N-methyl/N-ethyl adjacent to an activating group) is 3. The third kappa shape index (κ3) is 10.8. The molecular formula is C41H51ClN8O12. The zero-order chi connectivity index (χ0) is 45.4. The lowest BCUT2D eigenvalue weighted by Crippen LogP contribution is -2.60. The van der Waals surface area contributed by atoms with Gasteiger partial charge in [0.25, 0.3) is 6.54 Å². The molecule has 62 heavy (non-hydrogen) atoms. The summed E-state index contributed by atoms with van der Waals surface area (Å²) in [5, 5.41) is 0.716. The van der Waals surface area contributed by atoms with Gasteiger partial charge < -0.3 is 52.9 Å². The second kappa shape index (κ2) is 20.6. The zero-order valence-corrected chi connectivity index (χ0v) is 36.6. The molecule has 3 amide bonds. The first-order valence-electron chi connectivity index (χ1n) is 19.8. The third-order valence-electron chi connectivity index (χ3n) is 10.9. The predicted octanol–water partition coefficient (Wildman–Crippen LogP) is 3.62. The molecule has 2 saturated heterocycles. The molecule has 2 fully saturated rings. The van der Waals surface area contributed by atoms with Crippen molar-refractivity contribution < 1.29 is 57.2 Å². The lowest BCUT2D eigenvalue weighted by Gasteiger charge is -2.42. The first kappa shape index (κ1) is 46.9. The Morgan fingerprint density at radius 3 is 2.34 bits per heavy atom. The number of likely N-dealkylation sites (tertiary alicyclic amines) is 1. The van der Waals surface area contributed by atoms with E-state index in [0.29, 0.717) is 35.5 Å². The van der Waals surface area contributed by atoms with Crippen molar-refractivity contribution in [1.29, 1.82) is 0 Å². The number of ether oxygens (including phenoxy) is 6. The van der Waals surface area contributed by atoms with Crippen molar-refractivity contribution in [2.45, 2.75) is 71.4 Å². The first-order valence-corrected chi connectivity index (χ1v) is 20.1. The van der Waals surface area contributed by atoms with Crippen molar-refractivity contribution in [3.8, 4) is 5.75 Å². The maximum atomic E-state index is 13.6. The van der Waals surface area contributed by atoms with E-state index >= 15 is 0 Å². The molecule has 5 rings (SSSR count). The van der Waals surface area contributed by atoms with E-state index in [1.807, 2.05) is 11.9 Å². The average Bonchev–Trinajstić information content (AvgIpc) is 3.68. The van der Waals surface area contributed by atoms with Crippen LogP contribution in [0.25, 0.3) is 15.9 Å². The minimum absolute atomic E-state index is 0.0654. The number of hydrogen-bond donors (Lipinski definition) is 0. The van der Waals surface area contributed by atoms with Gasteiger partial charge in [0.2, 0.25) is 12.4 Å². The fourth-order valence-electron chi connectivity index (χ4n) is 7.39. The fourth-order valence-corrected chi connectivity index (χ4v) is 7.64. The highest BCUT2D eigenvalue weighted by molar-refractivity contribution is 6.32. The van der Waals surface area contributed by atoms with Crippen LogP contribution in [-0.4, -0.2) is 157 Å². The summed E-state index contributed by atoms with van der Waals surface area (Å²) in [6.07, 6.45) is -1.96. The van der Waals surface area contributed by atoms with Gasteiger partial charge in [-0.2, -0.15) is 0 Å². The number of nitrogens with zero attached hydrogens (tertiary/aromatic N) is 8. The molecule has 21 heteroatoms. The molecule has 334 valence electrons. The standard InChI is InChI=1S/C41H51ClN8O12/c1-23-12-14-49(32(53)19-43-5)20-30(23)48(8)36-28-13-15-50(37(28)45-22-44-36)40(55)46(6)16-17-47(7)41(56)58-21-27-10-11-31(29(42)18-27)61-39-35(60-26(4)52)33(59-25(3)51)24(2)34(62-39)38(54)57-9/h10-11,13,15,18,22-24,30,33-35,39H,12,14,16-17,19-21H2,1-4,6-9H3/t23-,24+,30+,33+,34+,35-,39-/m1/s1. The Morgan fingerprint density at radius 1 is 0.984 bits per heavy atom. The Morgan fingerprint density at radius 2 is 1.68 bits per heavy atom. The Balaban J connectivity index is 1.17. The second-order valence-corrected chi connectivity index (χ2v) is 15.6. The van der Waals surface area contributed by atoms with E-state index < -0.39 is 54.5 Å². The summed E-state index contributed by atoms with van der Waals surface area (Å²) in [6, 6.07) is 5.85. The van der Waals surface area contributed by atoms with Gasteiger partial charge in [-0.1, -0.05) is 31.5 Å². The fraction of sp³-hybridized carbons (Fsp3) is 0.537. The largest absolute Gasteiger partial charge is 0.467 e. The Bertz CT molecular complexity index is 2200. The Hall–Kier alpha value is -6.20. The van der Waals surface area contributed by atoms with Crippen LogP contribution in [0.3, 0.4) is 0 Å². The molecule has 20 nitrogen and oxygen atoms in total. The van der Waals surface area contributed by atoms with Crippen LogP contribution in [-0.2, 0) is 49.5 Å². The number of fused-ring (bicyclic) bond motifs is 1. The molecule has 2 aromatic heterocycles. The van der Waals surface area contributed by atoms with E-state index in [-0.39, 0.29) is 60.9 Å². The van der Waals surface area contributed by atoms with Gasteiger partial charge in [-0.05, 0) is 36.1 Å². The van der Waals surface area contributed by atoms with Gasteiger partial charge in [0.05, 0.1) is 23.6 Å². The smallest absolute Gasteiger partial charge is 0.409 e. The molecule has 0 radical (unpaired) electrons. The van der Waals surface area contributed by atoms with Gasteiger partial charge in [0, 0.05) is 73.3 Å². The van der Waals surface area contributed by atoms with Crippen LogP contribution >= 0.6 is 11.6 Å². The predicted molar refractivity (Wildman–Crippen MR) is 221 cm³/mol. The summed E-state index contributed by atoms with van der Waals surface area (Å²) in [5.74, 6) is -2.21. The van der Waals surface area contributed by atoms with Crippen molar-refractivity contribution in [3.05, 3.63) is 58.8 Å². The number of amides is 3. The van der Waals surface area contributed by atoms with Crippen molar-refractivity contribution in [1.82, 2.24) is 29.2 Å². The van der Waals surface area contributed by atoms with Gasteiger partial charge in [-0.15, -0.1) is 0 Å². The first-order chi connectivity index (χ1) is 29.4. The number of piperidine rings is 1. The quantitative estimate of drug-likeness (QED) is 0.137. The van der Waals surface area contributed by atoms with Crippen molar-refractivity contribution in [3.63, 3.8) is 0 Å². The third-order valence-corrected chi connectivity index (χ3v) is 11.2. The van der Waals surface area contributed by atoms with Crippen LogP contribution in [0.15, 0.2) is 36.8 Å². The highest BCUT2D eigenvalue weighted by Crippen LogP contribution is 2.35. The molecular weight excluding hydrogens is 832 g/mol. The second-order valence-electron chi connectivity index (χ2n) is 15.2.